The molecule has 5 nitrogen and oxygen atoms in total. The second-order valence-electron chi connectivity index (χ2n) is 4.39. The van der Waals surface area contributed by atoms with Crippen LogP contribution in [0.4, 0.5) is 0 Å². The summed E-state index contributed by atoms with van der Waals surface area (Å²) < 4.78 is 9.92. The third kappa shape index (κ3) is 3.51. The number of carbonyl (C=O) groups is 1. The molecule has 0 radical (unpaired) electrons. The standard InChI is InChI=1S/C13H18N2O3/c1-17-13(16)11-2-3-12(15-7-11)8-14-6-10-4-5-18-9-10/h2-3,7,10,14H,4-6,8-9H2,1H3. The Morgan fingerprint density at radius 1 is 1.61 bits per heavy atom. The maximum atomic E-state index is 11.2. The van der Waals surface area contributed by atoms with Crippen molar-refractivity contribution in [3.63, 3.8) is 0 Å². The van der Waals surface area contributed by atoms with Gasteiger partial charge in [0.2, 0.25) is 0 Å². The van der Waals surface area contributed by atoms with Crippen molar-refractivity contribution in [2.24, 2.45) is 5.92 Å². The molecule has 1 aromatic rings. The van der Waals surface area contributed by atoms with Gasteiger partial charge < -0.3 is 14.8 Å². The number of rotatable bonds is 5. The Balaban J connectivity index is 1.77. The van der Waals surface area contributed by atoms with E-state index in [1.807, 2.05) is 6.07 Å². The number of aromatic nitrogens is 1. The number of esters is 1. The quantitative estimate of drug-likeness (QED) is 0.790. The van der Waals surface area contributed by atoms with E-state index < -0.39 is 0 Å². The third-order valence-electron chi connectivity index (χ3n) is 3.01. The molecule has 0 aliphatic carbocycles. The lowest BCUT2D eigenvalue weighted by Gasteiger charge is -2.09. The Bertz CT molecular complexity index is 386. The second kappa shape index (κ2) is 6.47. The number of ether oxygens (including phenoxy) is 2. The molecule has 1 aromatic heterocycles. The predicted molar refractivity (Wildman–Crippen MR) is 66.2 cm³/mol. The lowest BCUT2D eigenvalue weighted by Crippen LogP contribution is -2.23. The minimum absolute atomic E-state index is 0.356. The maximum absolute atomic E-state index is 11.2. The monoisotopic (exact) mass is 250 g/mol. The van der Waals surface area contributed by atoms with Gasteiger partial charge in [-0.1, -0.05) is 0 Å². The average molecular weight is 250 g/mol. The lowest BCUT2D eigenvalue weighted by molar-refractivity contribution is 0.0600. The van der Waals surface area contributed by atoms with Crippen LogP contribution < -0.4 is 5.32 Å². The van der Waals surface area contributed by atoms with E-state index in [1.165, 1.54) is 7.11 Å². The topological polar surface area (TPSA) is 60.5 Å². The van der Waals surface area contributed by atoms with Crippen LogP contribution in [-0.4, -0.2) is 37.8 Å². The molecule has 1 atom stereocenters. The first-order valence-corrected chi connectivity index (χ1v) is 6.11. The molecule has 1 aliphatic rings. The number of nitrogens with zero attached hydrogens (tertiary/aromatic N) is 1. The smallest absolute Gasteiger partial charge is 0.339 e. The third-order valence-corrected chi connectivity index (χ3v) is 3.01. The molecule has 0 aromatic carbocycles. The van der Waals surface area contributed by atoms with E-state index in [4.69, 9.17) is 4.74 Å². The summed E-state index contributed by atoms with van der Waals surface area (Å²) in [4.78, 5) is 15.4. The SMILES string of the molecule is COC(=O)c1ccc(CNCC2CCOC2)nc1. The molecule has 1 saturated heterocycles. The van der Waals surface area contributed by atoms with Gasteiger partial charge in [-0.05, 0) is 24.5 Å². The number of nitrogens with one attached hydrogen (secondary N) is 1. The molecule has 0 saturated carbocycles. The van der Waals surface area contributed by atoms with E-state index in [9.17, 15) is 4.79 Å². The zero-order valence-corrected chi connectivity index (χ0v) is 10.5. The van der Waals surface area contributed by atoms with E-state index in [2.05, 4.69) is 15.0 Å². The van der Waals surface area contributed by atoms with Crippen LogP contribution in [0.2, 0.25) is 0 Å². The number of hydrogen-bond acceptors (Lipinski definition) is 5. The molecule has 0 bridgehead atoms. The van der Waals surface area contributed by atoms with Gasteiger partial charge in [0.05, 0.1) is 25.0 Å². The van der Waals surface area contributed by atoms with Crippen molar-refractivity contribution >= 4 is 5.97 Å². The van der Waals surface area contributed by atoms with Crippen LogP contribution >= 0.6 is 0 Å². The van der Waals surface area contributed by atoms with Gasteiger partial charge in [0.1, 0.15) is 0 Å². The molecular weight excluding hydrogens is 232 g/mol. The van der Waals surface area contributed by atoms with Crippen molar-refractivity contribution in [3.05, 3.63) is 29.6 Å². The van der Waals surface area contributed by atoms with Crippen LogP contribution in [0.25, 0.3) is 0 Å². The Hall–Kier alpha value is -1.46. The minimum atomic E-state index is -0.356. The highest BCUT2D eigenvalue weighted by molar-refractivity contribution is 5.88. The number of pyridine rings is 1. The van der Waals surface area contributed by atoms with E-state index in [0.29, 0.717) is 18.0 Å². The summed E-state index contributed by atoms with van der Waals surface area (Å²) in [5.41, 5.74) is 1.40. The molecule has 1 N–H and O–H groups in total. The van der Waals surface area contributed by atoms with Gasteiger partial charge in [-0.2, -0.15) is 0 Å². The molecular formula is C13H18N2O3. The van der Waals surface area contributed by atoms with E-state index in [0.717, 1.165) is 31.9 Å². The molecule has 1 unspecified atom stereocenters. The predicted octanol–water partition coefficient (Wildman–Crippen LogP) is 0.994. The Morgan fingerprint density at radius 3 is 3.11 bits per heavy atom. The highest BCUT2D eigenvalue weighted by Crippen LogP contribution is 2.10. The van der Waals surface area contributed by atoms with Crippen molar-refractivity contribution in [3.8, 4) is 0 Å². The second-order valence-corrected chi connectivity index (χ2v) is 4.39. The zero-order valence-electron chi connectivity index (χ0n) is 10.5. The van der Waals surface area contributed by atoms with Crippen molar-refractivity contribution in [1.29, 1.82) is 0 Å². The van der Waals surface area contributed by atoms with E-state index in [1.54, 1.807) is 12.3 Å². The summed E-state index contributed by atoms with van der Waals surface area (Å²) in [6.45, 7) is 3.37. The fraction of sp³-hybridized carbons (Fsp3) is 0.538. The first kappa shape index (κ1) is 13.0. The van der Waals surface area contributed by atoms with E-state index >= 15 is 0 Å². The average Bonchev–Trinajstić information content (AvgIpc) is 2.92. The first-order chi connectivity index (χ1) is 8.79. The summed E-state index contributed by atoms with van der Waals surface area (Å²) in [6, 6.07) is 3.57. The van der Waals surface area contributed by atoms with Crippen molar-refractivity contribution < 1.29 is 14.3 Å². The van der Waals surface area contributed by atoms with Gasteiger partial charge in [-0.15, -0.1) is 0 Å². The minimum Gasteiger partial charge on any atom is -0.465 e. The number of carbonyl (C=O) groups excluding carboxylic acids is 1. The van der Waals surface area contributed by atoms with Crippen LogP contribution in [0, 0.1) is 5.92 Å². The zero-order chi connectivity index (χ0) is 12.8. The number of hydrogen-bond donors (Lipinski definition) is 1. The summed E-state index contributed by atoms with van der Waals surface area (Å²) in [7, 11) is 1.36. The highest BCUT2D eigenvalue weighted by atomic mass is 16.5. The largest absolute Gasteiger partial charge is 0.465 e. The molecule has 1 aliphatic heterocycles. The lowest BCUT2D eigenvalue weighted by atomic mass is 10.1. The molecule has 98 valence electrons. The fourth-order valence-corrected chi connectivity index (χ4v) is 1.92. The molecule has 2 rings (SSSR count). The summed E-state index contributed by atoms with van der Waals surface area (Å²) in [6.07, 6.45) is 2.67. The van der Waals surface area contributed by atoms with Gasteiger partial charge >= 0.3 is 5.97 Å². The van der Waals surface area contributed by atoms with E-state index in [-0.39, 0.29) is 5.97 Å². The normalized spacial score (nSPS) is 18.8. The molecule has 18 heavy (non-hydrogen) atoms. The first-order valence-electron chi connectivity index (χ1n) is 6.11. The fourth-order valence-electron chi connectivity index (χ4n) is 1.92. The van der Waals surface area contributed by atoms with Crippen molar-refractivity contribution in [1.82, 2.24) is 10.3 Å². The highest BCUT2D eigenvalue weighted by Gasteiger charge is 2.14. The Morgan fingerprint density at radius 2 is 2.50 bits per heavy atom. The maximum Gasteiger partial charge on any atom is 0.339 e. The van der Waals surface area contributed by atoms with Crippen LogP contribution in [0.5, 0.6) is 0 Å². The van der Waals surface area contributed by atoms with Crippen LogP contribution in [0.1, 0.15) is 22.5 Å². The molecule has 2 heterocycles. The summed E-state index contributed by atoms with van der Waals surface area (Å²) in [5, 5.41) is 3.35. The van der Waals surface area contributed by atoms with Crippen molar-refractivity contribution in [2.45, 2.75) is 13.0 Å². The van der Waals surface area contributed by atoms with Gasteiger partial charge in [-0.25, -0.2) is 4.79 Å². The molecule has 0 amide bonds. The van der Waals surface area contributed by atoms with Crippen LogP contribution in [0.15, 0.2) is 18.3 Å². The molecule has 0 spiro atoms. The van der Waals surface area contributed by atoms with Gasteiger partial charge in [0, 0.05) is 25.9 Å². The Labute approximate surface area is 107 Å². The van der Waals surface area contributed by atoms with Crippen LogP contribution in [-0.2, 0) is 16.0 Å². The molecule has 1 fully saturated rings. The summed E-state index contributed by atoms with van der Waals surface area (Å²) >= 11 is 0. The van der Waals surface area contributed by atoms with Crippen LogP contribution in [0.3, 0.4) is 0 Å². The van der Waals surface area contributed by atoms with Gasteiger partial charge in [-0.3, -0.25) is 4.98 Å². The van der Waals surface area contributed by atoms with Crippen molar-refractivity contribution in [2.75, 3.05) is 26.9 Å². The van der Waals surface area contributed by atoms with Gasteiger partial charge in [0.15, 0.2) is 0 Å². The van der Waals surface area contributed by atoms with Gasteiger partial charge in [0.25, 0.3) is 0 Å². The molecule has 5 heteroatoms. The Kier molecular flexibility index (Phi) is 4.66. The number of methoxy groups -OCH3 is 1. The summed E-state index contributed by atoms with van der Waals surface area (Å²) in [5.74, 6) is 0.254.